The lowest BCUT2D eigenvalue weighted by Gasteiger charge is -2.52. The maximum atomic E-state index is 3.96. The Hall–Kier alpha value is -0.340. The van der Waals surface area contributed by atoms with Gasteiger partial charge in [0.25, 0.3) is 0 Å². The van der Waals surface area contributed by atoms with Crippen molar-refractivity contribution >= 4 is 0 Å². The summed E-state index contributed by atoms with van der Waals surface area (Å²) in [6, 6.07) is 0.766. The maximum absolute atomic E-state index is 3.96. The van der Waals surface area contributed by atoms with Crippen molar-refractivity contribution in [1.29, 1.82) is 0 Å². The summed E-state index contributed by atoms with van der Waals surface area (Å²) < 4.78 is 0. The summed E-state index contributed by atoms with van der Waals surface area (Å²) in [6.45, 7) is 7.53. The van der Waals surface area contributed by atoms with Gasteiger partial charge in [-0.2, -0.15) is 0 Å². The fraction of sp³-hybridized carbons (Fsp3) is 0.867. The van der Waals surface area contributed by atoms with Crippen LogP contribution in [0.15, 0.2) is 12.7 Å². The lowest BCUT2D eigenvalue weighted by molar-refractivity contribution is 0.0155. The lowest BCUT2D eigenvalue weighted by Crippen LogP contribution is -2.65. The monoisotopic (exact) mass is 234 g/mol. The highest BCUT2D eigenvalue weighted by Gasteiger charge is 2.44. The molecule has 3 fully saturated rings. The van der Waals surface area contributed by atoms with E-state index in [2.05, 4.69) is 22.9 Å². The molecule has 2 aliphatic carbocycles. The molecular weight excluding hydrogens is 208 g/mol. The van der Waals surface area contributed by atoms with E-state index in [-0.39, 0.29) is 0 Å². The smallest absolute Gasteiger partial charge is 0.0338 e. The zero-order chi connectivity index (χ0) is 11.7. The summed E-state index contributed by atoms with van der Waals surface area (Å²) in [6.07, 6.45) is 12.1. The van der Waals surface area contributed by atoms with E-state index in [9.17, 15) is 0 Å². The van der Waals surface area contributed by atoms with Crippen molar-refractivity contribution in [2.75, 3.05) is 19.6 Å². The first-order valence-corrected chi connectivity index (χ1v) is 7.43. The van der Waals surface area contributed by atoms with Gasteiger partial charge in [0.05, 0.1) is 0 Å². The first-order chi connectivity index (χ1) is 8.34. The molecule has 0 radical (unpaired) electrons. The highest BCUT2D eigenvalue weighted by molar-refractivity contribution is 5.04. The van der Waals surface area contributed by atoms with Gasteiger partial charge in [0.2, 0.25) is 0 Å². The van der Waals surface area contributed by atoms with Crippen LogP contribution in [0.25, 0.3) is 0 Å². The van der Waals surface area contributed by atoms with E-state index in [4.69, 9.17) is 0 Å². The molecule has 0 aromatic carbocycles. The van der Waals surface area contributed by atoms with Crippen molar-refractivity contribution in [2.45, 2.75) is 56.5 Å². The van der Waals surface area contributed by atoms with Gasteiger partial charge in [0.15, 0.2) is 0 Å². The molecule has 2 heteroatoms. The van der Waals surface area contributed by atoms with Crippen molar-refractivity contribution in [3.8, 4) is 0 Å². The molecule has 17 heavy (non-hydrogen) atoms. The molecule has 1 unspecified atom stereocenters. The van der Waals surface area contributed by atoms with Gasteiger partial charge in [0.1, 0.15) is 0 Å². The molecule has 1 saturated heterocycles. The lowest BCUT2D eigenvalue weighted by atomic mass is 9.78. The molecule has 2 nitrogen and oxygen atoms in total. The van der Waals surface area contributed by atoms with Gasteiger partial charge in [-0.25, -0.2) is 0 Å². The third-order valence-electron chi connectivity index (χ3n) is 5.11. The fourth-order valence-corrected chi connectivity index (χ4v) is 3.87. The first-order valence-electron chi connectivity index (χ1n) is 7.43. The zero-order valence-electron chi connectivity index (χ0n) is 11.0. The van der Waals surface area contributed by atoms with Crippen molar-refractivity contribution in [3.05, 3.63) is 12.7 Å². The molecule has 0 aromatic heterocycles. The molecule has 96 valence electrons. The summed E-state index contributed by atoms with van der Waals surface area (Å²) >= 11 is 0. The van der Waals surface area contributed by atoms with Gasteiger partial charge >= 0.3 is 0 Å². The molecule has 0 aromatic rings. The molecule has 1 heterocycles. The Labute approximate surface area is 105 Å². The number of hydrogen-bond donors (Lipinski definition) is 1. The predicted octanol–water partition coefficient (Wildman–Crippen LogP) is 2.56. The second kappa shape index (κ2) is 4.74. The van der Waals surface area contributed by atoms with Crippen LogP contribution in [-0.4, -0.2) is 36.1 Å². The van der Waals surface area contributed by atoms with Crippen LogP contribution < -0.4 is 5.32 Å². The van der Waals surface area contributed by atoms with E-state index in [0.717, 1.165) is 18.5 Å². The Morgan fingerprint density at radius 2 is 2.00 bits per heavy atom. The predicted molar refractivity (Wildman–Crippen MR) is 72.1 cm³/mol. The molecule has 2 saturated carbocycles. The Kier molecular flexibility index (Phi) is 3.27. The molecule has 1 atom stereocenters. The Morgan fingerprint density at radius 3 is 2.65 bits per heavy atom. The summed E-state index contributed by atoms with van der Waals surface area (Å²) in [7, 11) is 0. The first kappa shape index (κ1) is 11.7. The van der Waals surface area contributed by atoms with E-state index < -0.39 is 0 Å². The molecule has 1 spiro atoms. The van der Waals surface area contributed by atoms with E-state index in [1.165, 1.54) is 58.0 Å². The maximum Gasteiger partial charge on any atom is 0.0338 e. The largest absolute Gasteiger partial charge is 0.311 e. The number of nitrogens with one attached hydrogen (secondary N) is 1. The summed E-state index contributed by atoms with van der Waals surface area (Å²) in [4.78, 5) is 2.75. The summed E-state index contributed by atoms with van der Waals surface area (Å²) in [5.41, 5.74) is 0.470. The van der Waals surface area contributed by atoms with Gasteiger partial charge in [-0.3, -0.25) is 4.90 Å². The Morgan fingerprint density at radius 1 is 1.24 bits per heavy atom. The second-order valence-corrected chi connectivity index (χ2v) is 6.30. The molecule has 0 amide bonds. The van der Waals surface area contributed by atoms with Crippen LogP contribution in [0.2, 0.25) is 0 Å². The summed E-state index contributed by atoms with van der Waals surface area (Å²) in [5.74, 6) is 0.975. The quantitative estimate of drug-likeness (QED) is 0.755. The molecule has 3 rings (SSSR count). The topological polar surface area (TPSA) is 15.3 Å². The molecule has 1 N–H and O–H groups in total. The van der Waals surface area contributed by atoms with Crippen molar-refractivity contribution in [3.63, 3.8) is 0 Å². The van der Waals surface area contributed by atoms with Gasteiger partial charge in [-0.15, -0.1) is 6.58 Å². The SMILES string of the molecule is C=CCN1CC(C2CC2)NCC12CCCCC2. The second-order valence-electron chi connectivity index (χ2n) is 6.30. The molecule has 3 aliphatic rings. The van der Waals surface area contributed by atoms with Crippen molar-refractivity contribution < 1.29 is 0 Å². The third kappa shape index (κ3) is 2.30. The van der Waals surface area contributed by atoms with E-state index in [0.29, 0.717) is 5.54 Å². The van der Waals surface area contributed by atoms with E-state index >= 15 is 0 Å². The van der Waals surface area contributed by atoms with Crippen molar-refractivity contribution in [1.82, 2.24) is 10.2 Å². The van der Waals surface area contributed by atoms with Gasteiger partial charge in [-0.05, 0) is 31.6 Å². The van der Waals surface area contributed by atoms with Gasteiger partial charge in [0, 0.05) is 31.2 Å². The Bertz CT molecular complexity index is 277. The Balaban J connectivity index is 1.71. The zero-order valence-corrected chi connectivity index (χ0v) is 11.0. The average molecular weight is 234 g/mol. The van der Waals surface area contributed by atoms with Gasteiger partial charge < -0.3 is 5.32 Å². The van der Waals surface area contributed by atoms with Gasteiger partial charge in [-0.1, -0.05) is 25.3 Å². The van der Waals surface area contributed by atoms with Crippen LogP contribution >= 0.6 is 0 Å². The number of piperazine rings is 1. The van der Waals surface area contributed by atoms with Crippen LogP contribution in [-0.2, 0) is 0 Å². The molecule has 1 aliphatic heterocycles. The van der Waals surface area contributed by atoms with Crippen LogP contribution in [0.4, 0.5) is 0 Å². The van der Waals surface area contributed by atoms with Crippen LogP contribution in [0.1, 0.15) is 44.9 Å². The van der Waals surface area contributed by atoms with E-state index in [1.54, 1.807) is 0 Å². The number of nitrogens with zero attached hydrogens (tertiary/aromatic N) is 1. The molecule has 0 bridgehead atoms. The molecular formula is C15H26N2. The van der Waals surface area contributed by atoms with Crippen LogP contribution in [0.5, 0.6) is 0 Å². The standard InChI is InChI=1S/C15H26N2/c1-2-10-17-11-14(13-6-7-13)16-12-15(17)8-4-3-5-9-15/h2,13-14,16H,1,3-12H2. The highest BCUT2D eigenvalue weighted by Crippen LogP contribution is 2.40. The van der Waals surface area contributed by atoms with Crippen LogP contribution in [0.3, 0.4) is 0 Å². The third-order valence-corrected chi connectivity index (χ3v) is 5.11. The summed E-state index contributed by atoms with van der Waals surface area (Å²) in [5, 5.41) is 3.85. The fourth-order valence-electron chi connectivity index (χ4n) is 3.87. The average Bonchev–Trinajstić information content (AvgIpc) is 3.18. The number of rotatable bonds is 3. The normalized spacial score (nSPS) is 33.8. The van der Waals surface area contributed by atoms with E-state index in [1.807, 2.05) is 0 Å². The minimum atomic E-state index is 0.470. The highest BCUT2D eigenvalue weighted by atomic mass is 15.3. The minimum Gasteiger partial charge on any atom is -0.311 e. The number of hydrogen-bond acceptors (Lipinski definition) is 2. The van der Waals surface area contributed by atoms with Crippen LogP contribution in [0, 0.1) is 5.92 Å². The minimum absolute atomic E-state index is 0.470. The van der Waals surface area contributed by atoms with Crippen molar-refractivity contribution in [2.24, 2.45) is 5.92 Å².